The molecule has 51 heavy (non-hydrogen) atoms. The molecule has 0 spiro atoms. The summed E-state index contributed by atoms with van der Waals surface area (Å²) in [6.45, 7) is 0.467. The molecule has 0 aliphatic rings. The van der Waals surface area contributed by atoms with E-state index in [1.165, 1.54) is 5.56 Å². The van der Waals surface area contributed by atoms with Gasteiger partial charge in [0.2, 0.25) is 0 Å². The molecule has 0 aliphatic carbocycles. The smallest absolute Gasteiger partial charge is 0.157 e. The summed E-state index contributed by atoms with van der Waals surface area (Å²) >= 11 is 0. The summed E-state index contributed by atoms with van der Waals surface area (Å²) in [5.41, 5.74) is 16.0. The number of aliphatic imine (C=N–C) groups is 2. The first-order valence-corrected chi connectivity index (χ1v) is 17.1. The molecule has 0 aliphatic heterocycles. The van der Waals surface area contributed by atoms with Crippen molar-refractivity contribution in [1.29, 1.82) is 0 Å². The van der Waals surface area contributed by atoms with Gasteiger partial charge in [-0.05, 0) is 85.8 Å². The minimum atomic E-state index is 0.412. The fraction of sp³-hybridized carbons (Fsp3) is 0.0213. The van der Waals surface area contributed by atoms with Crippen LogP contribution in [0.5, 0.6) is 0 Å². The number of nitrogens with two attached hydrogens (primary N) is 1. The number of fused-ring (bicyclic) bond motifs is 5. The van der Waals surface area contributed by atoms with Gasteiger partial charge in [0.15, 0.2) is 5.84 Å². The fourth-order valence-electron chi connectivity index (χ4n) is 6.93. The van der Waals surface area contributed by atoms with Crippen LogP contribution in [0.25, 0.3) is 65.7 Å². The van der Waals surface area contributed by atoms with E-state index in [-0.39, 0.29) is 0 Å². The minimum Gasteiger partial charge on any atom is -0.456 e. The van der Waals surface area contributed by atoms with Gasteiger partial charge in [0.25, 0.3) is 0 Å². The van der Waals surface area contributed by atoms with Crippen LogP contribution in [0, 0.1) is 0 Å². The molecular weight excluding hydrogens is 623 g/mol. The third-order valence-corrected chi connectivity index (χ3v) is 9.53. The van der Waals surface area contributed by atoms with Crippen LogP contribution in [-0.4, -0.2) is 11.7 Å². The summed E-state index contributed by atoms with van der Waals surface area (Å²) in [5.74, 6) is 1.01. The van der Waals surface area contributed by atoms with E-state index in [4.69, 9.17) is 20.1 Å². The number of rotatable bonds is 6. The van der Waals surface area contributed by atoms with E-state index in [0.29, 0.717) is 18.2 Å². The lowest BCUT2D eigenvalue weighted by Crippen LogP contribution is -2.16. The molecule has 0 saturated carbocycles. The maximum atomic E-state index is 6.83. The number of nitrogens with zero attached hydrogens (tertiary/aromatic N) is 2. The summed E-state index contributed by atoms with van der Waals surface area (Å²) < 4.78 is 6.18. The van der Waals surface area contributed by atoms with Crippen LogP contribution in [0.3, 0.4) is 0 Å². The van der Waals surface area contributed by atoms with Crippen LogP contribution in [-0.2, 0) is 6.54 Å². The molecule has 1 heterocycles. The van der Waals surface area contributed by atoms with E-state index >= 15 is 0 Å². The number of benzene rings is 8. The van der Waals surface area contributed by atoms with Crippen LogP contribution in [0.4, 0.5) is 0 Å². The second kappa shape index (κ2) is 12.9. The zero-order valence-electron chi connectivity index (χ0n) is 27.8. The molecular formula is C47H33N3O. The van der Waals surface area contributed by atoms with Crippen LogP contribution < -0.4 is 5.73 Å². The van der Waals surface area contributed by atoms with Gasteiger partial charge in [0.1, 0.15) is 17.0 Å². The lowest BCUT2D eigenvalue weighted by molar-refractivity contribution is 0.669. The van der Waals surface area contributed by atoms with E-state index in [9.17, 15) is 0 Å². The van der Waals surface area contributed by atoms with E-state index in [1.54, 1.807) is 0 Å². The number of hydrogen-bond donors (Lipinski definition) is 1. The van der Waals surface area contributed by atoms with Crippen molar-refractivity contribution in [3.05, 3.63) is 193 Å². The molecule has 0 saturated heterocycles. The average molecular weight is 656 g/mol. The van der Waals surface area contributed by atoms with Gasteiger partial charge in [0, 0.05) is 21.9 Å². The van der Waals surface area contributed by atoms with Gasteiger partial charge in [-0.1, -0.05) is 140 Å². The molecule has 8 aromatic carbocycles. The molecule has 9 rings (SSSR count). The van der Waals surface area contributed by atoms with Crippen molar-refractivity contribution in [1.82, 2.24) is 0 Å². The SMILES string of the molecule is NC(=NC(=NCc1cccc(-c2ccccc2)c1)c1ccc2ccccc2c1)c1ccc2ccc(-c3cccc4oc5ccccc5c34)cc2c1. The average Bonchev–Trinajstić information content (AvgIpc) is 3.58. The minimum absolute atomic E-state index is 0.412. The van der Waals surface area contributed by atoms with Gasteiger partial charge in [-0.3, -0.25) is 4.99 Å². The molecule has 4 nitrogen and oxygen atoms in total. The Bertz CT molecular complexity index is 2790. The van der Waals surface area contributed by atoms with Crippen LogP contribution in [0.15, 0.2) is 190 Å². The normalized spacial score (nSPS) is 12.3. The Balaban J connectivity index is 1.10. The number of para-hydroxylation sites is 1. The van der Waals surface area contributed by atoms with Gasteiger partial charge in [-0.2, -0.15) is 0 Å². The summed E-state index contributed by atoms with van der Waals surface area (Å²) in [4.78, 5) is 10.1. The Kier molecular flexibility index (Phi) is 7.67. The van der Waals surface area contributed by atoms with Crippen molar-refractivity contribution >= 4 is 55.2 Å². The highest BCUT2D eigenvalue weighted by molar-refractivity contribution is 6.14. The summed E-state index contributed by atoms with van der Waals surface area (Å²) in [5, 5.41) is 6.73. The summed E-state index contributed by atoms with van der Waals surface area (Å²) in [6, 6.07) is 60.8. The monoisotopic (exact) mass is 655 g/mol. The third-order valence-electron chi connectivity index (χ3n) is 9.53. The quantitative estimate of drug-likeness (QED) is 0.143. The fourth-order valence-corrected chi connectivity index (χ4v) is 6.93. The van der Waals surface area contributed by atoms with Crippen molar-refractivity contribution in [3.8, 4) is 22.3 Å². The third kappa shape index (κ3) is 5.94. The van der Waals surface area contributed by atoms with E-state index in [2.05, 4.69) is 146 Å². The first-order valence-electron chi connectivity index (χ1n) is 17.1. The molecule has 242 valence electrons. The second-order valence-corrected chi connectivity index (χ2v) is 12.8. The van der Waals surface area contributed by atoms with E-state index in [1.807, 2.05) is 30.3 Å². The van der Waals surface area contributed by atoms with Gasteiger partial charge in [0.05, 0.1) is 6.54 Å². The van der Waals surface area contributed by atoms with Crippen molar-refractivity contribution in [2.45, 2.75) is 6.54 Å². The van der Waals surface area contributed by atoms with Crippen molar-refractivity contribution in [2.75, 3.05) is 0 Å². The lowest BCUT2D eigenvalue weighted by atomic mass is 9.96. The van der Waals surface area contributed by atoms with Gasteiger partial charge in [-0.15, -0.1) is 0 Å². The molecule has 0 amide bonds. The molecule has 0 unspecified atom stereocenters. The molecule has 4 heteroatoms. The topological polar surface area (TPSA) is 63.9 Å². The predicted octanol–water partition coefficient (Wildman–Crippen LogP) is 11.6. The molecule has 2 N–H and O–H groups in total. The zero-order chi connectivity index (χ0) is 34.1. The number of hydrogen-bond acceptors (Lipinski definition) is 2. The predicted molar refractivity (Wildman–Crippen MR) is 213 cm³/mol. The van der Waals surface area contributed by atoms with Crippen molar-refractivity contribution in [2.24, 2.45) is 15.7 Å². The van der Waals surface area contributed by atoms with Gasteiger partial charge in [-0.25, -0.2) is 4.99 Å². The Morgan fingerprint density at radius 1 is 0.490 bits per heavy atom. The Morgan fingerprint density at radius 2 is 1.18 bits per heavy atom. The van der Waals surface area contributed by atoms with E-state index < -0.39 is 0 Å². The Morgan fingerprint density at radius 3 is 2.08 bits per heavy atom. The molecule has 0 atom stereocenters. The summed E-state index contributed by atoms with van der Waals surface area (Å²) in [7, 11) is 0. The standard InChI is InChI=1S/C47H33N3O/c48-46(38-24-21-34-20-23-37(28-40(34)29-38)41-17-9-19-44-45(41)42-16-6-7-18-43(42)51-44)50-47(39-25-22-33-13-4-5-14-36(33)27-39)49-30-31-10-8-15-35(26-31)32-11-2-1-3-12-32/h1-29H,30H2,(H2,48,49,50). The number of furan rings is 1. The van der Waals surface area contributed by atoms with Crippen LogP contribution in [0.2, 0.25) is 0 Å². The Labute approximate surface area is 295 Å². The van der Waals surface area contributed by atoms with Crippen LogP contribution in [0.1, 0.15) is 16.7 Å². The number of amidine groups is 2. The van der Waals surface area contributed by atoms with E-state index in [0.717, 1.165) is 76.9 Å². The lowest BCUT2D eigenvalue weighted by Gasteiger charge is -2.10. The second-order valence-electron chi connectivity index (χ2n) is 12.8. The first-order chi connectivity index (χ1) is 25.2. The van der Waals surface area contributed by atoms with Gasteiger partial charge < -0.3 is 10.2 Å². The molecule has 0 bridgehead atoms. The van der Waals surface area contributed by atoms with Crippen molar-refractivity contribution < 1.29 is 4.42 Å². The first kappa shape index (κ1) is 30.3. The largest absolute Gasteiger partial charge is 0.456 e. The molecule has 9 aromatic rings. The highest BCUT2D eigenvalue weighted by atomic mass is 16.3. The molecule has 0 fully saturated rings. The van der Waals surface area contributed by atoms with Crippen LogP contribution >= 0.6 is 0 Å². The molecule has 0 radical (unpaired) electrons. The zero-order valence-corrected chi connectivity index (χ0v) is 27.8. The highest BCUT2D eigenvalue weighted by Crippen LogP contribution is 2.37. The van der Waals surface area contributed by atoms with Crippen molar-refractivity contribution in [3.63, 3.8) is 0 Å². The molecule has 1 aromatic heterocycles. The maximum Gasteiger partial charge on any atom is 0.157 e. The highest BCUT2D eigenvalue weighted by Gasteiger charge is 2.13. The van der Waals surface area contributed by atoms with Gasteiger partial charge >= 0.3 is 0 Å². The summed E-state index contributed by atoms with van der Waals surface area (Å²) in [6.07, 6.45) is 0. The Hall–Kier alpha value is -6.78. The maximum absolute atomic E-state index is 6.83.